The minimum absolute atomic E-state index is 0.0153. The molecule has 0 atom stereocenters. The van der Waals surface area contributed by atoms with Crippen LogP contribution in [0.15, 0.2) is 29.3 Å². The molecule has 0 radical (unpaired) electrons. The highest BCUT2D eigenvalue weighted by atomic mass is 32.1. The topological polar surface area (TPSA) is 72.1 Å². The zero-order valence-electron chi connectivity index (χ0n) is 9.39. The van der Waals surface area contributed by atoms with E-state index in [2.05, 4.69) is 14.7 Å². The first-order valence-electron chi connectivity index (χ1n) is 5.18. The van der Waals surface area contributed by atoms with Crippen LogP contribution in [0.4, 0.5) is 0 Å². The van der Waals surface area contributed by atoms with Crippen LogP contribution >= 0.6 is 11.3 Å². The van der Waals surface area contributed by atoms with Gasteiger partial charge in [-0.25, -0.2) is 4.79 Å². The molecule has 0 aromatic carbocycles. The molecule has 0 aliphatic rings. The van der Waals surface area contributed by atoms with Crippen LogP contribution in [0, 0.1) is 0 Å². The van der Waals surface area contributed by atoms with E-state index in [9.17, 15) is 9.59 Å². The highest BCUT2D eigenvalue weighted by Crippen LogP contribution is 2.31. The van der Waals surface area contributed by atoms with Crippen molar-refractivity contribution in [2.45, 2.75) is 0 Å². The number of fused-ring (bicyclic) bond motifs is 3. The van der Waals surface area contributed by atoms with Gasteiger partial charge in [-0.15, -0.1) is 11.3 Å². The predicted octanol–water partition coefficient (Wildman–Crippen LogP) is 1.92. The quantitative estimate of drug-likeness (QED) is 0.678. The summed E-state index contributed by atoms with van der Waals surface area (Å²) in [5.74, 6) is -0.633. The van der Waals surface area contributed by atoms with E-state index in [1.54, 1.807) is 18.5 Å². The predicted molar refractivity (Wildman–Crippen MR) is 69.1 cm³/mol. The van der Waals surface area contributed by atoms with Crippen LogP contribution < -0.4 is 5.56 Å². The molecule has 0 spiro atoms. The van der Waals surface area contributed by atoms with Crippen molar-refractivity contribution in [3.05, 3.63) is 40.4 Å². The summed E-state index contributed by atoms with van der Waals surface area (Å²) in [6.45, 7) is 0. The SMILES string of the molecule is COC(=O)c1cc2c([nH]c1=O)sc1cnccc12. The first kappa shape index (κ1) is 10.9. The Bertz CT molecular complexity index is 819. The Labute approximate surface area is 105 Å². The molecule has 0 amide bonds. The number of thiophene rings is 1. The summed E-state index contributed by atoms with van der Waals surface area (Å²) in [4.78, 5) is 30.7. The van der Waals surface area contributed by atoms with E-state index >= 15 is 0 Å². The van der Waals surface area contributed by atoms with E-state index in [1.165, 1.54) is 18.4 Å². The van der Waals surface area contributed by atoms with Crippen molar-refractivity contribution in [2.75, 3.05) is 7.11 Å². The largest absolute Gasteiger partial charge is 0.465 e. The van der Waals surface area contributed by atoms with Gasteiger partial charge in [0.25, 0.3) is 5.56 Å². The number of aromatic amines is 1. The molecule has 0 saturated carbocycles. The lowest BCUT2D eigenvalue weighted by Crippen LogP contribution is -2.17. The number of esters is 1. The van der Waals surface area contributed by atoms with Crippen molar-refractivity contribution in [2.24, 2.45) is 0 Å². The molecule has 6 heteroatoms. The Hall–Kier alpha value is -2.21. The second-order valence-corrected chi connectivity index (χ2v) is 4.77. The van der Waals surface area contributed by atoms with Gasteiger partial charge in [-0.2, -0.15) is 0 Å². The number of hydrogen-bond acceptors (Lipinski definition) is 5. The number of H-pyrrole nitrogens is 1. The number of carbonyl (C=O) groups excluding carboxylic acids is 1. The highest BCUT2D eigenvalue weighted by Gasteiger charge is 2.14. The van der Waals surface area contributed by atoms with Crippen molar-refractivity contribution in [1.82, 2.24) is 9.97 Å². The first-order chi connectivity index (χ1) is 8.70. The van der Waals surface area contributed by atoms with Crippen LogP contribution in [0.1, 0.15) is 10.4 Å². The number of nitrogens with one attached hydrogen (secondary N) is 1. The molecule has 3 rings (SSSR count). The second-order valence-electron chi connectivity index (χ2n) is 3.72. The standard InChI is InChI=1S/C12H8N2O3S/c1-17-12(16)8-4-7-6-2-3-13-5-9(6)18-11(7)14-10(8)15/h2-5H,1H3,(H,14,15). The fourth-order valence-electron chi connectivity index (χ4n) is 1.85. The fraction of sp³-hybridized carbons (Fsp3) is 0.0833. The van der Waals surface area contributed by atoms with Gasteiger partial charge in [0.1, 0.15) is 10.4 Å². The lowest BCUT2D eigenvalue weighted by Gasteiger charge is -1.98. The Morgan fingerprint density at radius 3 is 3.06 bits per heavy atom. The number of carbonyl (C=O) groups is 1. The number of aromatic nitrogens is 2. The molecule has 3 heterocycles. The fourth-order valence-corrected chi connectivity index (χ4v) is 2.89. The zero-order valence-corrected chi connectivity index (χ0v) is 10.2. The molecule has 0 fully saturated rings. The van der Waals surface area contributed by atoms with Gasteiger partial charge in [-0.1, -0.05) is 0 Å². The van der Waals surface area contributed by atoms with Crippen LogP contribution in [0.5, 0.6) is 0 Å². The van der Waals surface area contributed by atoms with Crippen molar-refractivity contribution >= 4 is 37.6 Å². The summed E-state index contributed by atoms with van der Waals surface area (Å²) in [6.07, 6.45) is 3.41. The molecule has 0 aliphatic carbocycles. The number of pyridine rings is 2. The summed E-state index contributed by atoms with van der Waals surface area (Å²) in [5.41, 5.74) is -0.421. The number of rotatable bonds is 1. The molecule has 90 valence electrons. The van der Waals surface area contributed by atoms with E-state index in [0.29, 0.717) is 0 Å². The van der Waals surface area contributed by atoms with Crippen LogP contribution in [-0.4, -0.2) is 23.0 Å². The molecule has 5 nitrogen and oxygen atoms in total. The van der Waals surface area contributed by atoms with Gasteiger partial charge in [0.05, 0.1) is 11.8 Å². The number of hydrogen-bond donors (Lipinski definition) is 1. The van der Waals surface area contributed by atoms with Crippen molar-refractivity contribution in [3.8, 4) is 0 Å². The van der Waals surface area contributed by atoms with Gasteiger partial charge in [0.2, 0.25) is 0 Å². The Morgan fingerprint density at radius 2 is 2.28 bits per heavy atom. The summed E-state index contributed by atoms with van der Waals surface area (Å²) in [7, 11) is 1.25. The van der Waals surface area contributed by atoms with E-state index < -0.39 is 11.5 Å². The zero-order chi connectivity index (χ0) is 12.7. The maximum Gasteiger partial charge on any atom is 0.343 e. The van der Waals surface area contributed by atoms with Crippen molar-refractivity contribution in [1.29, 1.82) is 0 Å². The molecule has 1 N–H and O–H groups in total. The maximum absolute atomic E-state index is 11.7. The maximum atomic E-state index is 11.7. The van der Waals surface area contributed by atoms with Gasteiger partial charge in [0, 0.05) is 23.2 Å². The van der Waals surface area contributed by atoms with Crippen LogP contribution in [-0.2, 0) is 4.74 Å². The molecule has 0 saturated heterocycles. The third-order valence-corrected chi connectivity index (χ3v) is 3.77. The smallest absolute Gasteiger partial charge is 0.343 e. The Balaban J connectivity index is 2.42. The minimum Gasteiger partial charge on any atom is -0.465 e. The second kappa shape index (κ2) is 3.92. The molecule has 3 aromatic heterocycles. The van der Waals surface area contributed by atoms with Crippen LogP contribution in [0.2, 0.25) is 0 Å². The van der Waals surface area contributed by atoms with Crippen molar-refractivity contribution < 1.29 is 9.53 Å². The van der Waals surface area contributed by atoms with Crippen LogP contribution in [0.3, 0.4) is 0 Å². The highest BCUT2D eigenvalue weighted by molar-refractivity contribution is 7.25. The molecule has 3 aromatic rings. The molecular formula is C12H8N2O3S. The first-order valence-corrected chi connectivity index (χ1v) is 6.00. The van der Waals surface area contributed by atoms with E-state index in [0.717, 1.165) is 20.3 Å². The average Bonchev–Trinajstić information content (AvgIpc) is 2.74. The number of ether oxygens (including phenoxy) is 1. The number of nitrogens with zero attached hydrogens (tertiary/aromatic N) is 1. The van der Waals surface area contributed by atoms with Gasteiger partial charge >= 0.3 is 5.97 Å². The Morgan fingerprint density at radius 1 is 1.44 bits per heavy atom. The Kier molecular flexibility index (Phi) is 2.38. The molecule has 18 heavy (non-hydrogen) atoms. The third kappa shape index (κ3) is 1.50. The molecule has 0 aliphatic heterocycles. The lowest BCUT2D eigenvalue weighted by molar-refractivity contribution is 0.0599. The van der Waals surface area contributed by atoms with Gasteiger partial charge in [0.15, 0.2) is 0 Å². The van der Waals surface area contributed by atoms with Gasteiger partial charge < -0.3 is 9.72 Å². The number of methoxy groups -OCH3 is 1. The van der Waals surface area contributed by atoms with Crippen molar-refractivity contribution in [3.63, 3.8) is 0 Å². The minimum atomic E-state index is -0.633. The summed E-state index contributed by atoms with van der Waals surface area (Å²) in [6, 6.07) is 3.42. The van der Waals surface area contributed by atoms with E-state index in [4.69, 9.17) is 0 Å². The van der Waals surface area contributed by atoms with Gasteiger partial charge in [-0.3, -0.25) is 9.78 Å². The third-order valence-electron chi connectivity index (χ3n) is 2.70. The summed E-state index contributed by atoms with van der Waals surface area (Å²) in [5, 5.41) is 1.80. The lowest BCUT2D eigenvalue weighted by atomic mass is 10.2. The summed E-state index contributed by atoms with van der Waals surface area (Å²) >= 11 is 1.43. The average molecular weight is 260 g/mol. The van der Waals surface area contributed by atoms with E-state index in [-0.39, 0.29) is 5.56 Å². The molecular weight excluding hydrogens is 252 g/mol. The molecule has 0 bridgehead atoms. The van der Waals surface area contributed by atoms with Gasteiger partial charge in [-0.05, 0) is 12.1 Å². The molecule has 0 unspecified atom stereocenters. The van der Waals surface area contributed by atoms with E-state index in [1.807, 2.05) is 6.07 Å². The van der Waals surface area contributed by atoms with Crippen LogP contribution in [0.25, 0.3) is 20.3 Å². The summed E-state index contributed by atoms with van der Waals surface area (Å²) < 4.78 is 5.55. The normalized spacial score (nSPS) is 10.9. The monoisotopic (exact) mass is 260 g/mol.